The molecule has 9 heteroatoms. The van der Waals surface area contributed by atoms with Crippen LogP contribution in [0.1, 0.15) is 15.4 Å². The molecule has 3 heterocycles. The molecule has 0 radical (unpaired) electrons. The van der Waals surface area contributed by atoms with Crippen molar-refractivity contribution in [2.45, 2.75) is 0 Å². The maximum Gasteiger partial charge on any atom is 0.224 e. The molecule has 0 saturated carbocycles. The van der Waals surface area contributed by atoms with Crippen LogP contribution >= 0.6 is 47.5 Å². The first-order chi connectivity index (χ1) is 9.79. The number of hydrogen-bond donors (Lipinski definition) is 2. The lowest BCUT2D eigenvalue weighted by molar-refractivity contribution is 0.104. The van der Waals surface area contributed by atoms with Crippen molar-refractivity contribution in [3.63, 3.8) is 0 Å². The fourth-order valence-electron chi connectivity index (χ4n) is 1.80. The highest BCUT2D eigenvalue weighted by atomic mass is 35.5. The quantitative estimate of drug-likeness (QED) is 0.668. The number of hydrogen-bond acceptors (Lipinski definition) is 7. The number of nitrogens with two attached hydrogens (primary N) is 1. The Balaban J connectivity index is 0.00000121. The lowest BCUT2D eigenvalue weighted by Crippen LogP contribution is -2.16. The highest BCUT2D eigenvalue weighted by molar-refractivity contribution is 7.17. The minimum Gasteiger partial charge on any atom is -0.353 e. The molecule has 0 unspecified atom stereocenters. The minimum atomic E-state index is -0.0642. The predicted molar refractivity (Wildman–Crippen MR) is 97.2 cm³/mol. The lowest BCUT2D eigenvalue weighted by Gasteiger charge is -2.06. The summed E-state index contributed by atoms with van der Waals surface area (Å²) in [5.74, 6) is 0.381. The second kappa shape index (κ2) is 8.40. The summed E-state index contributed by atoms with van der Waals surface area (Å²) < 4.78 is 0.821. The Morgan fingerprint density at radius 1 is 1.18 bits per heavy atom. The van der Waals surface area contributed by atoms with Crippen LogP contribution in [0.25, 0.3) is 10.2 Å². The summed E-state index contributed by atoms with van der Waals surface area (Å²) >= 11 is 2.89. The molecule has 0 fully saturated rings. The van der Waals surface area contributed by atoms with E-state index < -0.39 is 0 Å². The maximum atomic E-state index is 12.5. The number of fused-ring (bicyclic) bond motifs is 1. The summed E-state index contributed by atoms with van der Waals surface area (Å²) in [6.45, 7) is 1.06. The first-order valence-electron chi connectivity index (χ1n) is 6.07. The largest absolute Gasteiger partial charge is 0.353 e. The van der Waals surface area contributed by atoms with Crippen molar-refractivity contribution in [3.8, 4) is 0 Å². The number of carbonyl (C=O) groups excluding carboxylic acids is 1. The molecule has 0 aliphatic carbocycles. The van der Waals surface area contributed by atoms with Crippen LogP contribution in [0.2, 0.25) is 0 Å². The van der Waals surface area contributed by atoms with Crippen LogP contribution in [0.4, 0.5) is 5.95 Å². The summed E-state index contributed by atoms with van der Waals surface area (Å²) in [6.07, 6.45) is 0. The van der Waals surface area contributed by atoms with Crippen LogP contribution in [0, 0.1) is 0 Å². The zero-order chi connectivity index (χ0) is 13.9. The molecule has 0 amide bonds. The molecule has 118 valence electrons. The molecular formula is C13H14Cl2N4OS2. The Morgan fingerprint density at radius 3 is 2.68 bits per heavy atom. The number of thiophene rings is 2. The van der Waals surface area contributed by atoms with Gasteiger partial charge in [0.1, 0.15) is 5.69 Å². The maximum absolute atomic E-state index is 12.5. The third-order valence-electron chi connectivity index (χ3n) is 2.69. The molecule has 0 aliphatic heterocycles. The Hall–Kier alpha value is -1.25. The van der Waals surface area contributed by atoms with Gasteiger partial charge in [-0.3, -0.25) is 4.79 Å². The minimum absolute atomic E-state index is 0. The molecule has 0 spiro atoms. The van der Waals surface area contributed by atoms with Gasteiger partial charge < -0.3 is 11.1 Å². The van der Waals surface area contributed by atoms with E-state index in [0.29, 0.717) is 29.6 Å². The van der Waals surface area contributed by atoms with E-state index in [0.717, 1.165) is 10.2 Å². The molecule has 0 saturated heterocycles. The van der Waals surface area contributed by atoms with E-state index in [4.69, 9.17) is 5.73 Å². The first kappa shape index (κ1) is 18.8. The van der Waals surface area contributed by atoms with Crippen molar-refractivity contribution in [2.75, 3.05) is 18.4 Å². The fraction of sp³-hybridized carbons (Fsp3) is 0.154. The van der Waals surface area contributed by atoms with E-state index in [1.165, 1.54) is 22.7 Å². The third kappa shape index (κ3) is 3.74. The standard InChI is InChI=1S/C13H12N4OS2.2ClH/c14-4-5-15-13-16-8-3-7-20-12(8)10(17-13)11(18)9-2-1-6-19-9;;/h1-3,6-7H,4-5,14H2,(H,15,16,17);2*1H. The van der Waals surface area contributed by atoms with Gasteiger partial charge in [0.25, 0.3) is 0 Å². The third-order valence-corrected chi connectivity index (χ3v) is 4.47. The van der Waals surface area contributed by atoms with Gasteiger partial charge in [0.05, 0.1) is 15.1 Å². The van der Waals surface area contributed by atoms with E-state index in [-0.39, 0.29) is 30.6 Å². The van der Waals surface area contributed by atoms with Gasteiger partial charge in [0.2, 0.25) is 11.7 Å². The average molecular weight is 377 g/mol. The van der Waals surface area contributed by atoms with E-state index in [1.54, 1.807) is 0 Å². The van der Waals surface area contributed by atoms with Crippen molar-refractivity contribution in [1.29, 1.82) is 0 Å². The Morgan fingerprint density at radius 2 is 2.00 bits per heavy atom. The van der Waals surface area contributed by atoms with Crippen molar-refractivity contribution in [1.82, 2.24) is 9.97 Å². The summed E-state index contributed by atoms with van der Waals surface area (Å²) in [6, 6.07) is 5.56. The van der Waals surface area contributed by atoms with Crippen LogP contribution in [-0.2, 0) is 0 Å². The fourth-order valence-corrected chi connectivity index (χ4v) is 3.29. The normalized spacial score (nSPS) is 9.86. The number of ketones is 1. The van der Waals surface area contributed by atoms with Gasteiger partial charge in [-0.05, 0) is 22.9 Å². The Kier molecular flexibility index (Phi) is 7.18. The topological polar surface area (TPSA) is 80.9 Å². The summed E-state index contributed by atoms with van der Waals surface area (Å²) in [5.41, 5.74) is 6.70. The van der Waals surface area contributed by atoms with Crippen molar-refractivity contribution in [2.24, 2.45) is 5.73 Å². The number of nitrogens with zero attached hydrogens (tertiary/aromatic N) is 2. The van der Waals surface area contributed by atoms with Crippen LogP contribution in [0.3, 0.4) is 0 Å². The zero-order valence-corrected chi connectivity index (χ0v) is 14.6. The van der Waals surface area contributed by atoms with Gasteiger partial charge in [-0.2, -0.15) is 0 Å². The van der Waals surface area contributed by atoms with E-state index in [9.17, 15) is 4.79 Å². The molecular weight excluding hydrogens is 363 g/mol. The lowest BCUT2D eigenvalue weighted by atomic mass is 10.2. The molecule has 0 bridgehead atoms. The summed E-state index contributed by atoms with van der Waals surface area (Å²) in [7, 11) is 0. The summed E-state index contributed by atoms with van der Waals surface area (Å²) in [5, 5.41) is 6.82. The molecule has 3 aromatic heterocycles. The van der Waals surface area contributed by atoms with Crippen LogP contribution < -0.4 is 11.1 Å². The number of nitrogens with one attached hydrogen (secondary N) is 1. The van der Waals surface area contributed by atoms with Crippen LogP contribution in [0.15, 0.2) is 29.0 Å². The molecule has 0 aliphatic rings. The molecule has 3 N–H and O–H groups in total. The second-order valence-electron chi connectivity index (χ2n) is 4.05. The predicted octanol–water partition coefficient (Wildman–Crippen LogP) is 3.20. The summed E-state index contributed by atoms with van der Waals surface area (Å²) in [4.78, 5) is 21.9. The number of anilines is 1. The number of aromatic nitrogens is 2. The molecule has 3 rings (SSSR count). The van der Waals surface area contributed by atoms with Gasteiger partial charge in [-0.15, -0.1) is 47.5 Å². The average Bonchev–Trinajstić information content (AvgIpc) is 3.13. The Bertz CT molecular complexity index is 746. The molecule has 3 aromatic rings. The van der Waals surface area contributed by atoms with Crippen molar-refractivity contribution < 1.29 is 4.79 Å². The molecule has 22 heavy (non-hydrogen) atoms. The van der Waals surface area contributed by atoms with Crippen molar-refractivity contribution >= 4 is 69.4 Å². The van der Waals surface area contributed by atoms with Gasteiger partial charge in [-0.1, -0.05) is 6.07 Å². The smallest absolute Gasteiger partial charge is 0.224 e. The van der Waals surface area contributed by atoms with Gasteiger partial charge in [0.15, 0.2) is 0 Å². The highest BCUT2D eigenvalue weighted by Crippen LogP contribution is 2.26. The van der Waals surface area contributed by atoms with Crippen LogP contribution in [0.5, 0.6) is 0 Å². The first-order valence-corrected chi connectivity index (χ1v) is 7.83. The monoisotopic (exact) mass is 376 g/mol. The van der Waals surface area contributed by atoms with E-state index >= 15 is 0 Å². The Labute approximate surface area is 147 Å². The van der Waals surface area contributed by atoms with Gasteiger partial charge in [-0.25, -0.2) is 9.97 Å². The number of carbonyl (C=O) groups is 1. The molecule has 0 aromatic carbocycles. The molecule has 0 atom stereocenters. The highest BCUT2D eigenvalue weighted by Gasteiger charge is 2.18. The second-order valence-corrected chi connectivity index (χ2v) is 5.92. The number of rotatable bonds is 5. The van der Waals surface area contributed by atoms with Crippen molar-refractivity contribution in [3.05, 3.63) is 39.5 Å². The van der Waals surface area contributed by atoms with E-state index in [1.807, 2.05) is 29.0 Å². The zero-order valence-electron chi connectivity index (χ0n) is 11.3. The van der Waals surface area contributed by atoms with Gasteiger partial charge >= 0.3 is 0 Å². The molecule has 5 nitrogen and oxygen atoms in total. The van der Waals surface area contributed by atoms with Crippen LogP contribution in [-0.4, -0.2) is 28.8 Å². The van der Waals surface area contributed by atoms with Gasteiger partial charge in [0, 0.05) is 13.1 Å². The number of halogens is 2. The van der Waals surface area contributed by atoms with E-state index in [2.05, 4.69) is 15.3 Å². The SMILES string of the molecule is Cl.Cl.NCCNc1nc(C(=O)c2cccs2)c2sccc2n1.